The van der Waals surface area contributed by atoms with E-state index in [1.807, 2.05) is 6.07 Å². The summed E-state index contributed by atoms with van der Waals surface area (Å²) in [5.74, 6) is -1.59. The Labute approximate surface area is 186 Å². The first-order valence-electron chi connectivity index (χ1n) is 9.71. The fraction of sp³-hybridized carbons (Fsp3) is 0.364. The number of nitrogens with two attached hydrogens (primary N) is 1. The van der Waals surface area contributed by atoms with Crippen molar-refractivity contribution < 1.29 is 13.6 Å². The minimum atomic E-state index is -0.864. The molecule has 1 aliphatic carbocycles. The van der Waals surface area contributed by atoms with Crippen LogP contribution in [0.3, 0.4) is 0 Å². The number of hydrogen-bond acceptors (Lipinski definition) is 4. The van der Waals surface area contributed by atoms with E-state index in [0.29, 0.717) is 16.4 Å². The number of nitrogens with one attached hydrogen (secondary N) is 1. The van der Waals surface area contributed by atoms with E-state index >= 15 is 0 Å². The first-order valence-corrected chi connectivity index (χ1v) is 11.3. The Bertz CT molecular complexity index is 1150. The predicted molar refractivity (Wildman–Crippen MR) is 121 cm³/mol. The molecule has 0 spiro atoms. The van der Waals surface area contributed by atoms with E-state index in [4.69, 9.17) is 10.7 Å². The average Bonchev–Trinajstić information content (AvgIpc) is 2.97. The van der Waals surface area contributed by atoms with Gasteiger partial charge in [0.15, 0.2) is 5.82 Å². The molecule has 0 radical (unpaired) electrons. The van der Waals surface area contributed by atoms with Crippen LogP contribution >= 0.6 is 27.3 Å². The molecule has 1 unspecified atom stereocenters. The van der Waals surface area contributed by atoms with Gasteiger partial charge in [-0.2, -0.15) is 0 Å². The van der Waals surface area contributed by atoms with E-state index in [9.17, 15) is 13.6 Å². The van der Waals surface area contributed by atoms with Gasteiger partial charge in [-0.05, 0) is 64.2 Å². The number of nitrogen functional groups attached to an aromatic ring is 1. The SMILES string of the molecule is CC(C)(C)C1CCc2nc3sc(C(=O)Nc4c(F)cc(F)cc4Br)c(N)c3cc2C1. The number of hydrogen-bond donors (Lipinski definition) is 2. The number of fused-ring (bicyclic) bond motifs is 2. The number of halogens is 3. The van der Waals surface area contributed by atoms with Crippen LogP contribution in [0.4, 0.5) is 20.2 Å². The molecule has 1 amide bonds. The van der Waals surface area contributed by atoms with E-state index in [0.717, 1.165) is 42.5 Å². The lowest BCUT2D eigenvalue weighted by Gasteiger charge is -2.34. The normalized spacial score (nSPS) is 16.5. The quantitative estimate of drug-likeness (QED) is 0.438. The van der Waals surface area contributed by atoms with E-state index < -0.39 is 17.5 Å². The number of thiophene rings is 1. The van der Waals surface area contributed by atoms with Crippen LogP contribution < -0.4 is 11.1 Å². The average molecular weight is 494 g/mol. The van der Waals surface area contributed by atoms with Crippen molar-refractivity contribution in [3.8, 4) is 0 Å². The Hall–Kier alpha value is -2.06. The van der Waals surface area contributed by atoms with Crippen LogP contribution in [-0.2, 0) is 12.8 Å². The van der Waals surface area contributed by atoms with Crippen molar-refractivity contribution in [2.75, 3.05) is 11.1 Å². The first kappa shape index (κ1) is 21.2. The van der Waals surface area contributed by atoms with Gasteiger partial charge in [-0.3, -0.25) is 4.79 Å². The van der Waals surface area contributed by atoms with Gasteiger partial charge in [0, 0.05) is 21.6 Å². The molecular formula is C22H22BrF2N3OS. The molecular weight excluding hydrogens is 472 g/mol. The maximum Gasteiger partial charge on any atom is 0.268 e. The number of anilines is 2. The molecule has 0 saturated carbocycles. The molecule has 2 heterocycles. The lowest BCUT2D eigenvalue weighted by molar-refractivity contribution is 0.103. The van der Waals surface area contributed by atoms with Gasteiger partial charge in [-0.15, -0.1) is 11.3 Å². The summed E-state index contributed by atoms with van der Waals surface area (Å²) >= 11 is 4.27. The summed E-state index contributed by atoms with van der Waals surface area (Å²) in [5, 5.41) is 3.24. The molecule has 3 N–H and O–H groups in total. The van der Waals surface area contributed by atoms with Gasteiger partial charge >= 0.3 is 0 Å². The zero-order chi connectivity index (χ0) is 21.8. The largest absolute Gasteiger partial charge is 0.397 e. The van der Waals surface area contributed by atoms with E-state index in [1.165, 1.54) is 16.9 Å². The lowest BCUT2D eigenvalue weighted by Crippen LogP contribution is -2.27. The Balaban J connectivity index is 1.68. The third-order valence-electron chi connectivity index (χ3n) is 5.76. The van der Waals surface area contributed by atoms with Gasteiger partial charge in [-0.1, -0.05) is 20.8 Å². The molecule has 1 atom stereocenters. The topological polar surface area (TPSA) is 68.0 Å². The van der Waals surface area contributed by atoms with Gasteiger partial charge in [0.1, 0.15) is 15.5 Å². The summed E-state index contributed by atoms with van der Waals surface area (Å²) < 4.78 is 27.5. The maximum atomic E-state index is 14.1. The molecule has 0 aliphatic heterocycles. The van der Waals surface area contributed by atoms with Crippen LogP contribution in [0.15, 0.2) is 22.7 Å². The second-order valence-corrected chi connectivity index (χ2v) is 10.6. The fourth-order valence-electron chi connectivity index (χ4n) is 3.93. The Morgan fingerprint density at radius 1 is 1.30 bits per heavy atom. The molecule has 1 aliphatic rings. The lowest BCUT2D eigenvalue weighted by atomic mass is 9.71. The van der Waals surface area contributed by atoms with Gasteiger partial charge in [-0.25, -0.2) is 13.8 Å². The highest BCUT2D eigenvalue weighted by atomic mass is 79.9. The van der Waals surface area contributed by atoms with E-state index in [-0.39, 0.29) is 20.5 Å². The predicted octanol–water partition coefficient (Wildman–Crippen LogP) is 6.32. The van der Waals surface area contributed by atoms with Crippen LogP contribution in [0.1, 0.15) is 48.1 Å². The number of pyridine rings is 1. The van der Waals surface area contributed by atoms with Gasteiger partial charge < -0.3 is 11.1 Å². The zero-order valence-electron chi connectivity index (χ0n) is 16.9. The smallest absolute Gasteiger partial charge is 0.268 e. The van der Waals surface area contributed by atoms with Crippen molar-refractivity contribution in [2.24, 2.45) is 11.3 Å². The summed E-state index contributed by atoms with van der Waals surface area (Å²) in [6.07, 6.45) is 2.92. The number of benzene rings is 1. The minimum Gasteiger partial charge on any atom is -0.397 e. The monoisotopic (exact) mass is 493 g/mol. The van der Waals surface area contributed by atoms with Gasteiger partial charge in [0.25, 0.3) is 5.91 Å². The molecule has 30 heavy (non-hydrogen) atoms. The number of aromatic nitrogens is 1. The third-order valence-corrected chi connectivity index (χ3v) is 7.50. The molecule has 0 fully saturated rings. The minimum absolute atomic E-state index is 0.120. The van der Waals surface area contributed by atoms with E-state index in [2.05, 4.69) is 42.0 Å². The maximum absolute atomic E-state index is 14.1. The van der Waals surface area contributed by atoms with Crippen molar-refractivity contribution in [1.82, 2.24) is 4.98 Å². The van der Waals surface area contributed by atoms with Crippen LogP contribution in [0.5, 0.6) is 0 Å². The summed E-state index contributed by atoms with van der Waals surface area (Å²) in [7, 11) is 0. The number of amides is 1. The third kappa shape index (κ3) is 3.83. The van der Waals surface area contributed by atoms with Crippen molar-refractivity contribution in [3.63, 3.8) is 0 Å². The summed E-state index contributed by atoms with van der Waals surface area (Å²) in [6.45, 7) is 6.76. The Morgan fingerprint density at radius 2 is 2.03 bits per heavy atom. The highest BCUT2D eigenvalue weighted by molar-refractivity contribution is 9.10. The fourth-order valence-corrected chi connectivity index (χ4v) is 5.43. The highest BCUT2D eigenvalue weighted by Gasteiger charge is 2.30. The number of nitrogens with zero attached hydrogens (tertiary/aromatic N) is 1. The molecule has 3 aromatic rings. The molecule has 8 heteroatoms. The number of carbonyl (C=O) groups excluding carboxylic acids is 1. The van der Waals surface area contributed by atoms with Crippen molar-refractivity contribution >= 4 is 54.8 Å². The van der Waals surface area contributed by atoms with Crippen LogP contribution in [0.2, 0.25) is 0 Å². The summed E-state index contributed by atoms with van der Waals surface area (Å²) in [5.41, 5.74) is 8.95. The molecule has 4 rings (SSSR count). The zero-order valence-corrected chi connectivity index (χ0v) is 19.3. The Morgan fingerprint density at radius 3 is 2.70 bits per heavy atom. The molecule has 2 aromatic heterocycles. The molecule has 0 saturated heterocycles. The second kappa shape index (κ2) is 7.57. The van der Waals surface area contributed by atoms with Crippen molar-refractivity contribution in [2.45, 2.75) is 40.0 Å². The van der Waals surface area contributed by atoms with Crippen molar-refractivity contribution in [3.05, 3.63) is 50.4 Å². The number of carbonyl (C=O) groups is 1. The van der Waals surface area contributed by atoms with Crippen LogP contribution in [-0.4, -0.2) is 10.9 Å². The molecule has 4 nitrogen and oxygen atoms in total. The molecule has 0 bridgehead atoms. The van der Waals surface area contributed by atoms with Gasteiger partial charge in [0.2, 0.25) is 0 Å². The van der Waals surface area contributed by atoms with Crippen LogP contribution in [0, 0.1) is 23.0 Å². The Kier molecular flexibility index (Phi) is 5.34. The van der Waals surface area contributed by atoms with Crippen molar-refractivity contribution in [1.29, 1.82) is 0 Å². The van der Waals surface area contributed by atoms with E-state index in [1.54, 1.807) is 0 Å². The highest BCUT2D eigenvalue weighted by Crippen LogP contribution is 2.40. The molecule has 158 valence electrons. The number of aryl methyl sites for hydroxylation is 1. The standard InChI is InChI=1S/C22H22BrF2N3OS/c1-22(2,3)11-4-5-16-10(6-11)7-13-17(26)19(30-21(13)27-16)20(29)28-18-14(23)8-12(24)9-15(18)25/h7-9,11H,4-6,26H2,1-3H3,(H,28,29). The van der Waals surface area contributed by atoms with Crippen LogP contribution in [0.25, 0.3) is 10.2 Å². The summed E-state index contributed by atoms with van der Waals surface area (Å²) in [6, 6.07) is 3.86. The second-order valence-electron chi connectivity index (χ2n) is 8.80. The number of rotatable bonds is 2. The first-order chi connectivity index (χ1) is 14.0. The van der Waals surface area contributed by atoms with Gasteiger partial charge in [0.05, 0.1) is 11.4 Å². The molecule has 1 aromatic carbocycles. The summed E-state index contributed by atoms with van der Waals surface area (Å²) in [4.78, 5) is 18.5.